The molecule has 1 aromatic heterocycles. The van der Waals surface area contributed by atoms with Crippen molar-refractivity contribution in [2.45, 2.75) is 30.9 Å². The molecule has 0 aliphatic carbocycles. The van der Waals surface area contributed by atoms with Gasteiger partial charge in [0.15, 0.2) is 0 Å². The van der Waals surface area contributed by atoms with Gasteiger partial charge in [0.2, 0.25) is 5.76 Å². The standard InChI is InChI=1S/C15H23N3O4/c1-17(2)11-9-15(21-10-11)4-6-18(7-5-15)14(19)12-8-13(20-3)16-22-12/h8,11H,4-7,9-10H2,1-3H3. The Morgan fingerprint density at radius 3 is 2.73 bits per heavy atom. The minimum Gasteiger partial charge on any atom is -0.479 e. The second-order valence-corrected chi connectivity index (χ2v) is 6.34. The van der Waals surface area contributed by atoms with Gasteiger partial charge in [-0.2, -0.15) is 0 Å². The highest BCUT2D eigenvalue weighted by atomic mass is 16.5. The summed E-state index contributed by atoms with van der Waals surface area (Å²) in [5.74, 6) is 0.420. The lowest BCUT2D eigenvalue weighted by Crippen LogP contribution is -2.46. The first-order chi connectivity index (χ1) is 10.5. The lowest BCUT2D eigenvalue weighted by atomic mass is 9.87. The number of nitrogens with zero attached hydrogens (tertiary/aromatic N) is 3. The topological polar surface area (TPSA) is 68.0 Å². The Balaban J connectivity index is 1.59. The van der Waals surface area contributed by atoms with E-state index in [0.29, 0.717) is 25.0 Å². The van der Waals surface area contributed by atoms with E-state index in [0.717, 1.165) is 25.9 Å². The minimum absolute atomic E-state index is 0.0647. The molecule has 7 nitrogen and oxygen atoms in total. The molecule has 0 bridgehead atoms. The third kappa shape index (κ3) is 2.83. The number of carbonyl (C=O) groups is 1. The van der Waals surface area contributed by atoms with Crippen LogP contribution in [0.1, 0.15) is 29.8 Å². The van der Waals surface area contributed by atoms with E-state index in [4.69, 9.17) is 14.0 Å². The maximum Gasteiger partial charge on any atom is 0.292 e. The predicted molar refractivity (Wildman–Crippen MR) is 79.0 cm³/mol. The van der Waals surface area contributed by atoms with Crippen LogP contribution in [0.25, 0.3) is 0 Å². The molecule has 0 aromatic carbocycles. The molecule has 2 aliphatic heterocycles. The zero-order chi connectivity index (χ0) is 15.7. The van der Waals surface area contributed by atoms with Crippen LogP contribution in [0.5, 0.6) is 5.88 Å². The van der Waals surface area contributed by atoms with E-state index >= 15 is 0 Å². The van der Waals surface area contributed by atoms with Crippen LogP contribution in [0.2, 0.25) is 0 Å². The smallest absolute Gasteiger partial charge is 0.292 e. The van der Waals surface area contributed by atoms with Gasteiger partial charge in [-0.05, 0) is 38.5 Å². The summed E-state index contributed by atoms with van der Waals surface area (Å²) in [5.41, 5.74) is -0.0647. The van der Waals surface area contributed by atoms with Gasteiger partial charge in [-0.1, -0.05) is 0 Å². The molecule has 3 heterocycles. The quantitative estimate of drug-likeness (QED) is 0.830. The summed E-state index contributed by atoms with van der Waals surface area (Å²) < 4.78 is 16.0. The van der Waals surface area contributed by atoms with E-state index in [2.05, 4.69) is 24.2 Å². The summed E-state index contributed by atoms with van der Waals surface area (Å²) in [6.45, 7) is 2.14. The molecule has 1 unspecified atom stereocenters. The number of hydrogen-bond donors (Lipinski definition) is 0. The molecule has 2 fully saturated rings. The van der Waals surface area contributed by atoms with Crippen LogP contribution in [0.15, 0.2) is 10.6 Å². The maximum absolute atomic E-state index is 12.4. The minimum atomic E-state index is -0.132. The van der Waals surface area contributed by atoms with Crippen LogP contribution in [0.4, 0.5) is 0 Å². The summed E-state index contributed by atoms with van der Waals surface area (Å²) in [4.78, 5) is 16.4. The third-order valence-electron chi connectivity index (χ3n) is 4.79. The number of ether oxygens (including phenoxy) is 2. The van der Waals surface area contributed by atoms with E-state index in [1.165, 1.54) is 13.2 Å². The van der Waals surface area contributed by atoms with Crippen molar-refractivity contribution in [3.05, 3.63) is 11.8 Å². The molecular formula is C15H23N3O4. The van der Waals surface area contributed by atoms with E-state index in [9.17, 15) is 4.79 Å². The van der Waals surface area contributed by atoms with Crippen molar-refractivity contribution in [1.29, 1.82) is 0 Å². The number of piperidine rings is 1. The van der Waals surface area contributed by atoms with Crippen molar-refractivity contribution in [2.75, 3.05) is 40.9 Å². The average molecular weight is 309 g/mol. The number of likely N-dealkylation sites (N-methyl/N-ethyl adjacent to an activating group) is 1. The van der Waals surface area contributed by atoms with Crippen LogP contribution < -0.4 is 4.74 Å². The summed E-state index contributed by atoms with van der Waals surface area (Å²) in [6.07, 6.45) is 2.78. The highest BCUT2D eigenvalue weighted by Crippen LogP contribution is 2.37. The van der Waals surface area contributed by atoms with Gasteiger partial charge in [0, 0.05) is 19.1 Å². The van der Waals surface area contributed by atoms with Crippen LogP contribution in [-0.4, -0.2) is 73.4 Å². The maximum atomic E-state index is 12.4. The van der Waals surface area contributed by atoms with Gasteiger partial charge in [0.25, 0.3) is 11.8 Å². The second kappa shape index (κ2) is 5.89. The molecule has 0 radical (unpaired) electrons. The van der Waals surface area contributed by atoms with Gasteiger partial charge in [0.1, 0.15) is 0 Å². The Labute approximate surface area is 130 Å². The Morgan fingerprint density at radius 1 is 1.45 bits per heavy atom. The zero-order valence-corrected chi connectivity index (χ0v) is 13.4. The summed E-state index contributed by atoms with van der Waals surface area (Å²) in [7, 11) is 5.67. The molecule has 3 rings (SSSR count). The van der Waals surface area contributed by atoms with E-state index in [1.54, 1.807) is 4.90 Å². The molecule has 122 valence electrons. The van der Waals surface area contributed by atoms with Gasteiger partial charge < -0.3 is 23.8 Å². The van der Waals surface area contributed by atoms with Gasteiger partial charge in [0.05, 0.1) is 25.4 Å². The lowest BCUT2D eigenvalue weighted by Gasteiger charge is -2.38. The normalized spacial score (nSPS) is 24.2. The first-order valence-corrected chi connectivity index (χ1v) is 7.63. The van der Waals surface area contributed by atoms with Gasteiger partial charge >= 0.3 is 0 Å². The number of hydrogen-bond acceptors (Lipinski definition) is 6. The highest BCUT2D eigenvalue weighted by Gasteiger charge is 2.44. The Hall–Kier alpha value is -1.60. The largest absolute Gasteiger partial charge is 0.479 e. The van der Waals surface area contributed by atoms with Crippen LogP contribution in [0, 0.1) is 0 Å². The number of carbonyl (C=O) groups excluding carboxylic acids is 1. The summed E-state index contributed by atoms with van der Waals surface area (Å²) in [6, 6.07) is 2.00. The van der Waals surface area contributed by atoms with Crippen LogP contribution in [-0.2, 0) is 4.74 Å². The van der Waals surface area contributed by atoms with Crippen molar-refractivity contribution in [3.63, 3.8) is 0 Å². The molecule has 22 heavy (non-hydrogen) atoms. The first kappa shape index (κ1) is 15.3. The number of rotatable bonds is 3. The van der Waals surface area contributed by atoms with Crippen LogP contribution in [0.3, 0.4) is 0 Å². The third-order valence-corrected chi connectivity index (χ3v) is 4.79. The average Bonchev–Trinajstić information content (AvgIpc) is 3.15. The number of likely N-dealkylation sites (tertiary alicyclic amines) is 1. The molecule has 0 saturated carbocycles. The van der Waals surface area contributed by atoms with Gasteiger partial charge in [-0.25, -0.2) is 0 Å². The first-order valence-electron chi connectivity index (χ1n) is 7.63. The fourth-order valence-electron chi connectivity index (χ4n) is 3.23. The molecule has 1 amide bonds. The van der Waals surface area contributed by atoms with Crippen molar-refractivity contribution in [1.82, 2.24) is 15.0 Å². The predicted octanol–water partition coefficient (Wildman–Crippen LogP) is 1.01. The highest BCUT2D eigenvalue weighted by molar-refractivity contribution is 5.91. The zero-order valence-electron chi connectivity index (χ0n) is 13.4. The molecular weight excluding hydrogens is 286 g/mol. The number of amides is 1. The Bertz CT molecular complexity index is 535. The van der Waals surface area contributed by atoms with E-state index in [-0.39, 0.29) is 17.3 Å². The van der Waals surface area contributed by atoms with Gasteiger partial charge in [-0.3, -0.25) is 4.79 Å². The molecule has 2 aliphatic rings. The summed E-state index contributed by atoms with van der Waals surface area (Å²) in [5, 5.41) is 3.68. The van der Waals surface area contributed by atoms with E-state index in [1.807, 2.05) is 0 Å². The molecule has 1 spiro atoms. The van der Waals surface area contributed by atoms with Crippen LogP contribution >= 0.6 is 0 Å². The second-order valence-electron chi connectivity index (χ2n) is 6.34. The molecule has 0 N–H and O–H groups in total. The lowest BCUT2D eigenvalue weighted by molar-refractivity contribution is -0.0397. The van der Waals surface area contributed by atoms with Crippen molar-refractivity contribution in [3.8, 4) is 5.88 Å². The monoisotopic (exact) mass is 309 g/mol. The Kier molecular flexibility index (Phi) is 4.10. The SMILES string of the molecule is COc1cc(C(=O)N2CCC3(CC2)CC(N(C)C)CO3)on1. The molecule has 7 heteroatoms. The Morgan fingerprint density at radius 2 is 2.18 bits per heavy atom. The molecule has 1 atom stereocenters. The van der Waals surface area contributed by atoms with Crippen molar-refractivity contribution >= 4 is 5.91 Å². The van der Waals surface area contributed by atoms with E-state index < -0.39 is 0 Å². The fraction of sp³-hybridized carbons (Fsp3) is 0.733. The number of methoxy groups -OCH3 is 1. The van der Waals surface area contributed by atoms with Crippen molar-refractivity contribution < 1.29 is 18.8 Å². The van der Waals surface area contributed by atoms with Crippen molar-refractivity contribution in [2.24, 2.45) is 0 Å². The number of aromatic nitrogens is 1. The summed E-state index contributed by atoms with van der Waals surface area (Å²) >= 11 is 0. The molecule has 1 aromatic rings. The fourth-order valence-corrected chi connectivity index (χ4v) is 3.23. The molecule has 2 saturated heterocycles. The van der Waals surface area contributed by atoms with Gasteiger partial charge in [-0.15, -0.1) is 0 Å².